The van der Waals surface area contributed by atoms with Crippen LogP contribution in [0.2, 0.25) is 0 Å². The molecule has 6 heterocycles. The Hall–Kier alpha value is -5.80. The van der Waals surface area contributed by atoms with Gasteiger partial charge in [0.05, 0.1) is 41.9 Å². The lowest BCUT2D eigenvalue weighted by atomic mass is 9.85. The van der Waals surface area contributed by atoms with E-state index in [2.05, 4.69) is 20.2 Å². The molecule has 11 nitrogen and oxygen atoms in total. The van der Waals surface area contributed by atoms with Crippen molar-refractivity contribution >= 4 is 44.9 Å². The Kier molecular flexibility index (Phi) is 10.3. The van der Waals surface area contributed by atoms with E-state index >= 15 is 13.2 Å². The lowest BCUT2D eigenvalue weighted by molar-refractivity contribution is -0.137. The van der Waals surface area contributed by atoms with E-state index in [4.69, 9.17) is 5.10 Å². The van der Waals surface area contributed by atoms with E-state index in [1.165, 1.54) is 22.1 Å². The van der Waals surface area contributed by atoms with Crippen LogP contribution in [0.25, 0.3) is 22.0 Å². The second kappa shape index (κ2) is 15.9. The Morgan fingerprint density at radius 2 is 1.76 bits per heavy atom. The summed E-state index contributed by atoms with van der Waals surface area (Å²) in [5.74, 6) is -4.78. The van der Waals surface area contributed by atoms with Gasteiger partial charge in [-0.3, -0.25) is 24.5 Å². The molecule has 1 aliphatic carbocycles. The second-order valence-electron chi connectivity index (χ2n) is 15.1. The van der Waals surface area contributed by atoms with Crippen LogP contribution >= 0.6 is 11.3 Å². The van der Waals surface area contributed by atoms with E-state index in [0.717, 1.165) is 36.3 Å². The molecule has 2 unspecified atom stereocenters. The first-order valence-corrected chi connectivity index (χ1v) is 20.5. The Bertz CT molecular complexity index is 2440. The molecule has 0 saturated carbocycles. The van der Waals surface area contributed by atoms with E-state index in [1.807, 2.05) is 53.1 Å². The molecule has 15 heteroatoms. The Morgan fingerprint density at radius 1 is 0.948 bits per heavy atom. The Morgan fingerprint density at radius 3 is 2.55 bits per heavy atom. The monoisotopic (exact) mass is 805 g/mol. The summed E-state index contributed by atoms with van der Waals surface area (Å²) in [5, 5.41) is 10.1. The van der Waals surface area contributed by atoms with Gasteiger partial charge in [-0.1, -0.05) is 54.7 Å². The maximum absolute atomic E-state index is 15.8. The van der Waals surface area contributed by atoms with Gasteiger partial charge in [-0.2, -0.15) is 5.10 Å². The van der Waals surface area contributed by atoms with Crippen LogP contribution in [0, 0.1) is 11.7 Å². The summed E-state index contributed by atoms with van der Waals surface area (Å²) >= 11 is 1.31. The number of nitrogens with one attached hydrogen (secondary N) is 1. The number of aromatic nitrogens is 5. The van der Waals surface area contributed by atoms with Gasteiger partial charge in [0.2, 0.25) is 5.91 Å². The molecular weight excluding hydrogens is 764 g/mol. The number of carbonyl (C=O) groups is 2. The predicted molar refractivity (Wildman–Crippen MR) is 218 cm³/mol. The number of likely N-dealkylation sites (tertiary alicyclic amines) is 1. The van der Waals surface area contributed by atoms with Crippen molar-refractivity contribution in [3.8, 4) is 11.1 Å². The highest BCUT2D eigenvalue weighted by Crippen LogP contribution is 2.39. The fraction of sp³-hybridized carbons (Fsp3) is 0.326. The van der Waals surface area contributed by atoms with Crippen molar-refractivity contribution in [2.45, 2.75) is 37.8 Å². The number of hydrogen-bond donors (Lipinski definition) is 1. The number of anilines is 2. The van der Waals surface area contributed by atoms with Gasteiger partial charge in [0.1, 0.15) is 5.82 Å². The first kappa shape index (κ1) is 37.8. The predicted octanol–water partition coefficient (Wildman–Crippen LogP) is 6.88. The largest absolute Gasteiger partial charge is 0.368 e. The Balaban J connectivity index is 0.842. The quantitative estimate of drug-likeness (QED) is 0.173. The molecule has 0 spiro atoms. The van der Waals surface area contributed by atoms with Gasteiger partial charge in [-0.25, -0.2) is 23.1 Å². The molecule has 2 aromatic carbocycles. The molecule has 2 amide bonds. The molecule has 2 saturated heterocycles. The van der Waals surface area contributed by atoms with Gasteiger partial charge >= 0.3 is 0 Å². The number of imidazole rings is 1. The maximum Gasteiger partial charge on any atom is 0.267 e. The first-order chi connectivity index (χ1) is 28.2. The number of benzene rings is 2. The van der Waals surface area contributed by atoms with Gasteiger partial charge in [-0.15, -0.1) is 11.3 Å². The van der Waals surface area contributed by atoms with Crippen molar-refractivity contribution in [2.24, 2.45) is 5.92 Å². The summed E-state index contributed by atoms with van der Waals surface area (Å²) in [4.78, 5) is 41.3. The van der Waals surface area contributed by atoms with E-state index in [1.54, 1.807) is 58.2 Å². The topological polar surface area (TPSA) is 104 Å². The minimum atomic E-state index is -2.94. The number of alkyl halides is 2. The van der Waals surface area contributed by atoms with Crippen LogP contribution < -0.4 is 10.2 Å². The molecule has 1 N–H and O–H groups in total. The molecule has 2 fully saturated rings. The van der Waals surface area contributed by atoms with E-state index in [9.17, 15) is 9.59 Å². The molecule has 3 aliphatic heterocycles. The lowest BCUT2D eigenvalue weighted by Crippen LogP contribution is -2.54. The van der Waals surface area contributed by atoms with Crippen LogP contribution in [-0.4, -0.2) is 97.7 Å². The second-order valence-corrected chi connectivity index (χ2v) is 16.0. The third kappa shape index (κ3) is 7.63. The summed E-state index contributed by atoms with van der Waals surface area (Å²) in [5.41, 5.74) is 4.99. The molecule has 5 aromatic rings. The molecule has 0 radical (unpaired) electrons. The van der Waals surface area contributed by atoms with Gasteiger partial charge in [0.25, 0.3) is 11.8 Å². The highest BCUT2D eigenvalue weighted by Gasteiger charge is 2.46. The minimum absolute atomic E-state index is 0.0282. The fourth-order valence-corrected chi connectivity index (χ4v) is 9.03. The fourth-order valence-electron chi connectivity index (χ4n) is 8.50. The van der Waals surface area contributed by atoms with Crippen LogP contribution in [-0.2, 0) is 22.6 Å². The van der Waals surface area contributed by atoms with Crippen molar-refractivity contribution < 1.29 is 22.8 Å². The van der Waals surface area contributed by atoms with E-state index in [-0.39, 0.29) is 24.8 Å². The van der Waals surface area contributed by atoms with Crippen molar-refractivity contribution in [1.29, 1.82) is 0 Å². The average molecular weight is 806 g/mol. The number of amides is 2. The summed E-state index contributed by atoms with van der Waals surface area (Å²) in [6.45, 7) is 2.96. The molecule has 2 atom stereocenters. The molecule has 4 aliphatic rings. The number of hydrogen-bond acceptors (Lipinski definition) is 8. The number of nitrogens with zero attached hydrogens (tertiary/aromatic N) is 8. The van der Waals surface area contributed by atoms with Crippen LogP contribution in [0.3, 0.4) is 0 Å². The lowest BCUT2D eigenvalue weighted by Gasteiger charge is -2.40. The molecule has 58 heavy (non-hydrogen) atoms. The van der Waals surface area contributed by atoms with Crippen molar-refractivity contribution in [3.63, 3.8) is 0 Å². The molecule has 9 rings (SSSR count). The number of rotatable bonds is 9. The summed E-state index contributed by atoms with van der Waals surface area (Å²) in [7, 11) is 0. The summed E-state index contributed by atoms with van der Waals surface area (Å²) in [6.07, 6.45) is 19.5. The number of carbonyl (C=O) groups excluding carboxylic acids is 2. The zero-order valence-corrected chi connectivity index (χ0v) is 32.5. The third-order valence-electron chi connectivity index (χ3n) is 11.5. The average Bonchev–Trinajstić information content (AvgIpc) is 4.03. The van der Waals surface area contributed by atoms with Crippen molar-refractivity contribution in [2.75, 3.05) is 56.0 Å². The smallest absolute Gasteiger partial charge is 0.267 e. The maximum atomic E-state index is 15.8. The minimum Gasteiger partial charge on any atom is -0.368 e. The normalized spacial score (nSPS) is 22.4. The highest BCUT2D eigenvalue weighted by atomic mass is 32.1. The van der Waals surface area contributed by atoms with Gasteiger partial charge in [-0.05, 0) is 66.8 Å². The van der Waals surface area contributed by atoms with Crippen molar-refractivity contribution in [3.05, 3.63) is 126 Å². The number of thiazole rings is 1. The number of halogens is 3. The Labute approximate surface area is 337 Å². The van der Waals surface area contributed by atoms with Gasteiger partial charge < -0.3 is 14.4 Å². The summed E-state index contributed by atoms with van der Waals surface area (Å²) < 4.78 is 50.0. The van der Waals surface area contributed by atoms with Crippen LogP contribution in [0.5, 0.6) is 0 Å². The summed E-state index contributed by atoms with van der Waals surface area (Å²) in [6, 6.07) is 10.2. The molecule has 298 valence electrons. The molecule has 0 bridgehead atoms. The van der Waals surface area contributed by atoms with Crippen LogP contribution in [0.15, 0.2) is 109 Å². The molecular formula is C43H42F3N9O2S. The number of piperazine rings is 1. The van der Waals surface area contributed by atoms with Crippen LogP contribution in [0.4, 0.5) is 24.0 Å². The van der Waals surface area contributed by atoms with E-state index in [0.29, 0.717) is 65.6 Å². The van der Waals surface area contributed by atoms with Gasteiger partial charge in [0.15, 0.2) is 11.2 Å². The third-order valence-corrected chi connectivity index (χ3v) is 12.2. The number of fused-ring (bicyclic) bond motifs is 2. The van der Waals surface area contributed by atoms with Gasteiger partial charge in [0, 0.05) is 61.9 Å². The molecule has 3 aromatic heterocycles. The zero-order valence-electron chi connectivity index (χ0n) is 31.7. The van der Waals surface area contributed by atoms with E-state index < -0.39 is 30.2 Å². The SMILES string of the molecule is O=C(Nc1nccs1)C(c1ncn2c1CCC2)n1cc2c(F)cc(-c3ccc(N4CCN(C(=O)CN5CCC(C6=C/C=C\C=C/C=C\6)C(F)(F)C5)CC4)cc3)cc2n1. The van der Waals surface area contributed by atoms with Crippen molar-refractivity contribution in [1.82, 2.24) is 34.1 Å². The number of allylic oxidation sites excluding steroid dienone is 8. The zero-order chi connectivity index (χ0) is 39.8. The number of piperidine rings is 1. The number of aryl methyl sites for hydroxylation is 1. The first-order valence-electron chi connectivity index (χ1n) is 19.6. The van der Waals surface area contributed by atoms with Crippen LogP contribution in [0.1, 0.15) is 30.3 Å². The standard InChI is InChI=1S/C43H42F3N9O2S/c44-35-23-31(24-36-33(35)25-55(50-36)40(41(57)49-42-47-15-22-58-42)39-37-9-6-16-54(37)28-48-39)29-10-12-32(13-11-29)52-18-20-53(21-19-52)38(56)26-51-17-14-34(43(45,46)27-51)30-7-4-2-1-3-5-8-30/h1-5,7-8,10-13,15,22-25,28,34,40H,6,9,14,16-21,26-27H2,(H,47,49,57)/b2-1-,3-1?,4-2?,5-3-,7-4-,8-5?,30-7?,30-8+. The highest BCUT2D eigenvalue weighted by molar-refractivity contribution is 7.13.